The summed E-state index contributed by atoms with van der Waals surface area (Å²) >= 11 is 0. The SMILES string of the molecule is O=C1CC(c2ccc(O)cc2)Oc2cc(OC3OC(COC4OCC(O)(CO)C4O)C(O)C(O)C3O)cc(O)c21. The maximum Gasteiger partial charge on any atom is 0.229 e. The molecule has 40 heavy (non-hydrogen) atoms. The van der Waals surface area contributed by atoms with Gasteiger partial charge in [-0.1, -0.05) is 12.1 Å². The van der Waals surface area contributed by atoms with Gasteiger partial charge >= 0.3 is 0 Å². The molecule has 0 radical (unpaired) electrons. The minimum absolute atomic E-state index is 0.00108. The Morgan fingerprint density at radius 2 is 1.70 bits per heavy atom. The molecule has 2 saturated heterocycles. The zero-order chi connectivity index (χ0) is 28.8. The molecule has 0 saturated carbocycles. The monoisotopic (exact) mass is 566 g/mol. The smallest absolute Gasteiger partial charge is 0.229 e. The van der Waals surface area contributed by atoms with Gasteiger partial charge in [0.2, 0.25) is 6.29 Å². The minimum atomic E-state index is -1.93. The van der Waals surface area contributed by atoms with Crippen LogP contribution in [0.4, 0.5) is 0 Å². The van der Waals surface area contributed by atoms with E-state index in [1.165, 1.54) is 18.2 Å². The highest BCUT2D eigenvalue weighted by atomic mass is 16.7. The number of carbonyl (C=O) groups is 1. The number of carbonyl (C=O) groups excluding carboxylic acids is 1. The fourth-order valence-electron chi connectivity index (χ4n) is 4.77. The van der Waals surface area contributed by atoms with E-state index in [0.717, 1.165) is 6.07 Å². The van der Waals surface area contributed by atoms with Gasteiger partial charge < -0.3 is 64.5 Å². The number of ketones is 1. The predicted molar refractivity (Wildman–Crippen MR) is 130 cm³/mol. The highest BCUT2D eigenvalue weighted by Gasteiger charge is 2.50. The van der Waals surface area contributed by atoms with Gasteiger partial charge in [0, 0.05) is 12.1 Å². The zero-order valence-electron chi connectivity index (χ0n) is 20.9. The molecule has 9 unspecified atom stereocenters. The minimum Gasteiger partial charge on any atom is -0.508 e. The second-order valence-corrected chi connectivity index (χ2v) is 9.99. The van der Waals surface area contributed by atoms with E-state index in [-0.39, 0.29) is 29.2 Å². The van der Waals surface area contributed by atoms with Crippen LogP contribution in [0.15, 0.2) is 36.4 Å². The van der Waals surface area contributed by atoms with Crippen LogP contribution in [-0.2, 0) is 14.2 Å². The summed E-state index contributed by atoms with van der Waals surface area (Å²) < 4.78 is 27.7. The molecule has 0 aliphatic carbocycles. The maximum absolute atomic E-state index is 12.8. The van der Waals surface area contributed by atoms with Gasteiger partial charge in [0.05, 0.1) is 26.2 Å². The topological polar surface area (TPSA) is 225 Å². The summed E-state index contributed by atoms with van der Waals surface area (Å²) in [6.07, 6.45) is -11.8. The van der Waals surface area contributed by atoms with Crippen LogP contribution in [0.25, 0.3) is 0 Å². The standard InChI is InChI=1S/C26H30O14/c27-9-26(35)10-37-25(23(26)34)36-8-18-20(31)21(32)22(33)24(40-18)38-13-5-14(29)19-15(30)7-16(39-17(19)6-13)11-1-3-12(28)4-2-11/h1-6,16,18,20-25,27-29,31-35H,7-10H2. The van der Waals surface area contributed by atoms with E-state index in [2.05, 4.69) is 0 Å². The summed E-state index contributed by atoms with van der Waals surface area (Å²) in [6.45, 7) is -1.66. The molecule has 0 bridgehead atoms. The van der Waals surface area contributed by atoms with Crippen molar-refractivity contribution in [3.05, 3.63) is 47.5 Å². The third-order valence-corrected chi connectivity index (χ3v) is 7.16. The van der Waals surface area contributed by atoms with Crippen LogP contribution in [0.1, 0.15) is 28.4 Å². The molecule has 0 spiro atoms. The molecule has 8 N–H and O–H groups in total. The summed E-state index contributed by atoms with van der Waals surface area (Å²) in [5, 5.41) is 80.8. The van der Waals surface area contributed by atoms with Gasteiger partial charge in [0.1, 0.15) is 70.8 Å². The van der Waals surface area contributed by atoms with Gasteiger partial charge in [-0.3, -0.25) is 4.79 Å². The lowest BCUT2D eigenvalue weighted by Gasteiger charge is -2.40. The first-order chi connectivity index (χ1) is 19.0. The average Bonchev–Trinajstić information content (AvgIpc) is 3.21. The normalized spacial score (nSPS) is 35.7. The van der Waals surface area contributed by atoms with Crippen LogP contribution in [-0.4, -0.2) is 115 Å². The number of hydrogen-bond donors (Lipinski definition) is 8. The molecule has 0 aromatic heterocycles. The summed E-state index contributed by atoms with van der Waals surface area (Å²) in [4.78, 5) is 12.8. The van der Waals surface area contributed by atoms with Crippen LogP contribution >= 0.6 is 0 Å². The second kappa shape index (κ2) is 11.1. The van der Waals surface area contributed by atoms with Gasteiger partial charge in [-0.05, 0) is 17.7 Å². The lowest BCUT2D eigenvalue weighted by molar-refractivity contribution is -0.289. The van der Waals surface area contributed by atoms with Crippen LogP contribution in [0.5, 0.6) is 23.0 Å². The molecule has 14 heteroatoms. The number of ether oxygens (including phenoxy) is 5. The summed E-state index contributed by atoms with van der Waals surface area (Å²) in [6, 6.07) is 8.50. The van der Waals surface area contributed by atoms with Gasteiger partial charge in [0.15, 0.2) is 12.1 Å². The lowest BCUT2D eigenvalue weighted by atomic mass is 9.95. The zero-order valence-corrected chi connectivity index (χ0v) is 20.9. The fraction of sp³-hybridized carbons (Fsp3) is 0.500. The molecule has 0 amide bonds. The number of rotatable bonds is 7. The average molecular weight is 567 g/mol. The first-order valence-corrected chi connectivity index (χ1v) is 12.5. The fourth-order valence-corrected chi connectivity index (χ4v) is 4.77. The number of aliphatic hydroxyl groups excluding tert-OH is 5. The van der Waals surface area contributed by atoms with E-state index < -0.39 is 86.2 Å². The summed E-state index contributed by atoms with van der Waals surface area (Å²) in [5.74, 6) is -0.891. The van der Waals surface area contributed by atoms with Crippen molar-refractivity contribution >= 4 is 5.78 Å². The maximum atomic E-state index is 12.8. The van der Waals surface area contributed by atoms with E-state index in [4.69, 9.17) is 23.7 Å². The van der Waals surface area contributed by atoms with Gasteiger partial charge in [-0.2, -0.15) is 0 Å². The molecule has 2 aromatic rings. The Hall–Kier alpha value is -3.05. The van der Waals surface area contributed by atoms with Crippen molar-refractivity contribution in [2.45, 2.75) is 61.2 Å². The summed E-state index contributed by atoms with van der Waals surface area (Å²) in [5.41, 5.74) is -1.38. The molecule has 5 rings (SSSR count). The number of benzene rings is 2. The molecule has 3 heterocycles. The van der Waals surface area contributed by atoms with Crippen molar-refractivity contribution in [3.8, 4) is 23.0 Å². The number of phenolic OH excluding ortho intramolecular Hbond substituents is 2. The van der Waals surface area contributed by atoms with E-state index in [1.807, 2.05) is 0 Å². The van der Waals surface area contributed by atoms with Crippen LogP contribution in [0.3, 0.4) is 0 Å². The van der Waals surface area contributed by atoms with Crippen molar-refractivity contribution in [2.24, 2.45) is 0 Å². The first kappa shape index (κ1) is 28.5. The Morgan fingerprint density at radius 3 is 2.38 bits per heavy atom. The molecule has 2 fully saturated rings. The first-order valence-electron chi connectivity index (χ1n) is 12.5. The van der Waals surface area contributed by atoms with Crippen molar-refractivity contribution < 1.29 is 69.3 Å². The van der Waals surface area contributed by atoms with Crippen molar-refractivity contribution in [1.29, 1.82) is 0 Å². The molecule has 218 valence electrons. The molecular weight excluding hydrogens is 536 g/mol. The van der Waals surface area contributed by atoms with E-state index >= 15 is 0 Å². The number of hydrogen-bond acceptors (Lipinski definition) is 14. The van der Waals surface area contributed by atoms with E-state index in [0.29, 0.717) is 5.56 Å². The number of aliphatic hydroxyl groups is 6. The number of Topliss-reactive ketones (excluding diaryl/α,β-unsaturated/α-hetero) is 1. The quantitative estimate of drug-likeness (QED) is 0.190. The number of fused-ring (bicyclic) bond motifs is 1. The third-order valence-electron chi connectivity index (χ3n) is 7.16. The van der Waals surface area contributed by atoms with E-state index in [1.54, 1.807) is 12.1 Å². The van der Waals surface area contributed by atoms with Crippen LogP contribution in [0, 0.1) is 0 Å². The van der Waals surface area contributed by atoms with Gasteiger partial charge in [-0.25, -0.2) is 0 Å². The Balaban J connectivity index is 1.30. The van der Waals surface area contributed by atoms with Crippen molar-refractivity contribution in [1.82, 2.24) is 0 Å². The summed E-state index contributed by atoms with van der Waals surface area (Å²) in [7, 11) is 0. The lowest BCUT2D eigenvalue weighted by Crippen LogP contribution is -2.60. The molecule has 9 atom stereocenters. The van der Waals surface area contributed by atoms with Crippen LogP contribution in [0.2, 0.25) is 0 Å². The molecule has 2 aromatic carbocycles. The van der Waals surface area contributed by atoms with Gasteiger partial charge in [0.25, 0.3) is 0 Å². The molecular formula is C26H30O14. The Bertz CT molecular complexity index is 1220. The highest BCUT2D eigenvalue weighted by molar-refractivity contribution is 6.02. The molecule has 3 aliphatic rings. The number of phenols is 2. The largest absolute Gasteiger partial charge is 0.508 e. The predicted octanol–water partition coefficient (Wildman–Crippen LogP) is -1.55. The Morgan fingerprint density at radius 1 is 0.975 bits per heavy atom. The molecule has 3 aliphatic heterocycles. The van der Waals surface area contributed by atoms with Crippen LogP contribution < -0.4 is 9.47 Å². The Labute approximate surface area is 227 Å². The highest BCUT2D eigenvalue weighted by Crippen LogP contribution is 2.42. The van der Waals surface area contributed by atoms with Crippen molar-refractivity contribution in [2.75, 3.05) is 19.8 Å². The second-order valence-electron chi connectivity index (χ2n) is 9.99. The Kier molecular flexibility index (Phi) is 7.89. The van der Waals surface area contributed by atoms with Crippen molar-refractivity contribution in [3.63, 3.8) is 0 Å². The van der Waals surface area contributed by atoms with Gasteiger partial charge in [-0.15, -0.1) is 0 Å². The number of aromatic hydroxyl groups is 2. The van der Waals surface area contributed by atoms with E-state index in [9.17, 15) is 45.6 Å². The third kappa shape index (κ3) is 5.33. The molecule has 14 nitrogen and oxygen atoms in total.